The zero-order valence-corrected chi connectivity index (χ0v) is 22.5. The van der Waals surface area contributed by atoms with E-state index in [9.17, 15) is 0 Å². The molecule has 35 heavy (non-hydrogen) atoms. The van der Waals surface area contributed by atoms with E-state index in [1.165, 1.54) is 53.3 Å². The fourth-order valence-electron chi connectivity index (χ4n) is 4.94. The summed E-state index contributed by atoms with van der Waals surface area (Å²) in [6.07, 6.45) is 10.7. The largest absolute Gasteiger partial charge is 0.371 e. The molecule has 3 heteroatoms. The highest BCUT2D eigenvalue weighted by atomic mass is 15.1. The van der Waals surface area contributed by atoms with E-state index in [-0.39, 0.29) is 0 Å². The Morgan fingerprint density at radius 1 is 1.17 bits per heavy atom. The molecule has 1 aliphatic heterocycles. The average Bonchev–Trinajstić information content (AvgIpc) is 3.62. The number of aryl methyl sites for hydroxylation is 1. The van der Waals surface area contributed by atoms with Crippen molar-refractivity contribution in [1.82, 2.24) is 9.47 Å². The van der Waals surface area contributed by atoms with Crippen molar-refractivity contribution in [2.75, 3.05) is 13.1 Å². The summed E-state index contributed by atoms with van der Waals surface area (Å²) in [6.45, 7) is 23.2. The maximum atomic E-state index is 5.17. The fourth-order valence-corrected chi connectivity index (χ4v) is 4.94. The Labute approximate surface area is 212 Å². The first-order valence-corrected chi connectivity index (χ1v) is 13.4. The van der Waals surface area contributed by atoms with E-state index >= 15 is 0 Å². The highest BCUT2D eigenvalue weighted by Crippen LogP contribution is 2.31. The monoisotopic (exact) mass is 469 g/mol. The van der Waals surface area contributed by atoms with Crippen LogP contribution in [0.2, 0.25) is 0 Å². The van der Waals surface area contributed by atoms with Gasteiger partial charge in [0.2, 0.25) is 0 Å². The molecule has 0 amide bonds. The van der Waals surface area contributed by atoms with Gasteiger partial charge in [0.15, 0.2) is 0 Å². The van der Waals surface area contributed by atoms with Crippen molar-refractivity contribution in [3.63, 3.8) is 0 Å². The minimum atomic E-state index is 0.726. The number of aliphatic imine (C=N–C) groups is 1. The molecule has 1 aromatic heterocycles. The number of hydrogen-bond donors (Lipinski definition) is 0. The van der Waals surface area contributed by atoms with Gasteiger partial charge in [-0.3, -0.25) is 4.99 Å². The van der Waals surface area contributed by atoms with Crippen molar-refractivity contribution < 1.29 is 0 Å². The first kappa shape index (κ1) is 25.3. The van der Waals surface area contributed by atoms with Gasteiger partial charge < -0.3 is 9.47 Å². The zero-order chi connectivity index (χ0) is 25.1. The molecule has 0 spiro atoms. The third-order valence-electron chi connectivity index (χ3n) is 7.72. The molecular weight excluding hydrogens is 426 g/mol. The summed E-state index contributed by atoms with van der Waals surface area (Å²) in [5.74, 6) is 1.50. The SMILES string of the molecule is C=C(c1ccc(C)c(N=C(C)c2c/c(=C/C=C(\C)CC)c(=C)n2CC2CC2)c1)N1CCCC(C)C1. The van der Waals surface area contributed by atoms with Crippen LogP contribution in [0.1, 0.15) is 76.6 Å². The van der Waals surface area contributed by atoms with Gasteiger partial charge in [-0.05, 0) is 93.2 Å². The Bertz CT molecular complexity index is 1250. The Morgan fingerprint density at radius 2 is 1.94 bits per heavy atom. The van der Waals surface area contributed by atoms with Crippen LogP contribution in [0, 0.1) is 18.8 Å². The molecule has 2 aromatic rings. The lowest BCUT2D eigenvalue weighted by molar-refractivity contribution is 0.261. The molecule has 1 aromatic carbocycles. The maximum absolute atomic E-state index is 5.17. The second-order valence-corrected chi connectivity index (χ2v) is 10.9. The van der Waals surface area contributed by atoms with Gasteiger partial charge in [0.25, 0.3) is 0 Å². The van der Waals surface area contributed by atoms with Crippen LogP contribution in [0.25, 0.3) is 18.4 Å². The van der Waals surface area contributed by atoms with Crippen LogP contribution in [-0.2, 0) is 6.54 Å². The van der Waals surface area contributed by atoms with E-state index in [1.54, 1.807) is 0 Å². The normalized spacial score (nSPS) is 20.0. The van der Waals surface area contributed by atoms with E-state index in [0.717, 1.165) is 60.3 Å². The smallest absolute Gasteiger partial charge is 0.0669 e. The lowest BCUT2D eigenvalue weighted by Crippen LogP contribution is -2.32. The van der Waals surface area contributed by atoms with Crippen molar-refractivity contribution in [2.45, 2.75) is 73.3 Å². The zero-order valence-electron chi connectivity index (χ0n) is 22.5. The fraction of sp³-hybridized carbons (Fsp3) is 0.469. The van der Waals surface area contributed by atoms with Crippen LogP contribution < -0.4 is 10.6 Å². The number of nitrogens with zero attached hydrogens (tertiary/aromatic N) is 3. The van der Waals surface area contributed by atoms with E-state index in [4.69, 9.17) is 4.99 Å². The molecule has 0 N–H and O–H groups in total. The van der Waals surface area contributed by atoms with E-state index in [1.807, 2.05) is 0 Å². The summed E-state index contributed by atoms with van der Waals surface area (Å²) >= 11 is 0. The number of likely N-dealkylation sites (tertiary alicyclic amines) is 1. The minimum Gasteiger partial charge on any atom is -0.371 e. The molecule has 1 aliphatic carbocycles. The second kappa shape index (κ2) is 10.8. The summed E-state index contributed by atoms with van der Waals surface area (Å²) in [5, 5.41) is 2.29. The number of aromatic nitrogens is 1. The highest BCUT2D eigenvalue weighted by molar-refractivity contribution is 5.99. The summed E-state index contributed by atoms with van der Waals surface area (Å²) in [7, 11) is 0. The molecular formula is C32H43N3. The van der Waals surface area contributed by atoms with Crippen LogP contribution in [0.5, 0.6) is 0 Å². The Morgan fingerprint density at radius 3 is 2.63 bits per heavy atom. The predicted molar refractivity (Wildman–Crippen MR) is 152 cm³/mol. The predicted octanol–water partition coefficient (Wildman–Crippen LogP) is 6.60. The van der Waals surface area contributed by atoms with Crippen molar-refractivity contribution >= 4 is 29.8 Å². The topological polar surface area (TPSA) is 20.5 Å². The lowest BCUT2D eigenvalue weighted by Gasteiger charge is -2.34. The van der Waals surface area contributed by atoms with E-state index in [0.29, 0.717) is 0 Å². The molecule has 2 heterocycles. The molecule has 1 saturated carbocycles. The Balaban J connectivity index is 1.69. The number of piperidine rings is 1. The van der Waals surface area contributed by atoms with Crippen molar-refractivity contribution in [1.29, 1.82) is 0 Å². The van der Waals surface area contributed by atoms with Crippen molar-refractivity contribution in [3.8, 4) is 0 Å². The first-order valence-electron chi connectivity index (χ1n) is 13.4. The summed E-state index contributed by atoms with van der Waals surface area (Å²) in [5.41, 5.74) is 8.13. The maximum Gasteiger partial charge on any atom is 0.0669 e. The molecule has 1 saturated heterocycles. The van der Waals surface area contributed by atoms with Crippen molar-refractivity contribution in [3.05, 3.63) is 69.9 Å². The molecule has 1 unspecified atom stereocenters. The van der Waals surface area contributed by atoms with Gasteiger partial charge in [-0.25, -0.2) is 0 Å². The van der Waals surface area contributed by atoms with Gasteiger partial charge in [-0.15, -0.1) is 0 Å². The summed E-state index contributed by atoms with van der Waals surface area (Å²) in [6, 6.07) is 8.88. The Kier molecular flexibility index (Phi) is 7.84. The standard InChI is InChI=1S/C32H43N3/c1-8-22(2)11-15-30-19-32(35(27(30)7)21-28-13-14-28)25(5)33-31-18-29(16-12-24(31)4)26(6)34-17-9-10-23(3)20-34/h11-12,15-16,18-19,23,28H,6-10,13-14,17,20-21H2,1-5H3/b22-11+,30-15-,33-25?. The number of allylic oxidation sites excluding steroid dienone is 2. The molecule has 0 bridgehead atoms. The molecule has 2 aliphatic rings. The van der Waals surface area contributed by atoms with Crippen molar-refractivity contribution in [2.24, 2.45) is 16.8 Å². The van der Waals surface area contributed by atoms with Gasteiger partial charge in [0, 0.05) is 30.7 Å². The van der Waals surface area contributed by atoms with Crippen LogP contribution in [0.3, 0.4) is 0 Å². The van der Waals surface area contributed by atoms with Gasteiger partial charge in [0.1, 0.15) is 0 Å². The summed E-state index contributed by atoms with van der Waals surface area (Å²) < 4.78 is 2.39. The molecule has 2 fully saturated rings. The first-order chi connectivity index (χ1) is 16.8. The average molecular weight is 470 g/mol. The number of benzene rings is 1. The highest BCUT2D eigenvalue weighted by Gasteiger charge is 2.23. The quantitative estimate of drug-likeness (QED) is 0.399. The van der Waals surface area contributed by atoms with Crippen LogP contribution in [0.15, 0.2) is 47.5 Å². The van der Waals surface area contributed by atoms with Gasteiger partial charge >= 0.3 is 0 Å². The molecule has 3 nitrogen and oxygen atoms in total. The lowest BCUT2D eigenvalue weighted by atomic mass is 9.98. The number of rotatable bonds is 8. The third kappa shape index (κ3) is 6.07. The minimum absolute atomic E-state index is 0.726. The molecule has 4 rings (SSSR count). The van der Waals surface area contributed by atoms with E-state index < -0.39 is 0 Å². The molecule has 186 valence electrons. The number of hydrogen-bond acceptors (Lipinski definition) is 2. The molecule has 1 atom stereocenters. The molecule has 0 radical (unpaired) electrons. The van der Waals surface area contributed by atoms with Crippen LogP contribution in [-0.4, -0.2) is 28.3 Å². The van der Waals surface area contributed by atoms with Gasteiger partial charge in [-0.2, -0.15) is 0 Å². The van der Waals surface area contributed by atoms with Crippen LogP contribution >= 0.6 is 0 Å². The third-order valence-corrected chi connectivity index (χ3v) is 7.72. The van der Waals surface area contributed by atoms with Crippen LogP contribution in [0.4, 0.5) is 5.69 Å². The second-order valence-electron chi connectivity index (χ2n) is 10.9. The van der Waals surface area contributed by atoms with Gasteiger partial charge in [0.05, 0.1) is 17.1 Å². The Hall–Kier alpha value is -2.81. The summed E-state index contributed by atoms with van der Waals surface area (Å²) in [4.78, 5) is 7.61. The van der Waals surface area contributed by atoms with Gasteiger partial charge in [-0.1, -0.05) is 56.9 Å². The van der Waals surface area contributed by atoms with E-state index in [2.05, 4.69) is 93.7 Å².